The van der Waals surface area contributed by atoms with E-state index in [0.717, 1.165) is 18.0 Å². The average molecular weight is 294 g/mol. The van der Waals surface area contributed by atoms with E-state index in [-0.39, 0.29) is 0 Å². The van der Waals surface area contributed by atoms with Gasteiger partial charge in [-0.2, -0.15) is 0 Å². The second-order valence-corrected chi connectivity index (χ2v) is 6.74. The largest absolute Gasteiger partial charge is 0.389 e. The van der Waals surface area contributed by atoms with Crippen LogP contribution < -0.4 is 4.90 Å². The van der Waals surface area contributed by atoms with E-state index in [9.17, 15) is 5.11 Å². The van der Waals surface area contributed by atoms with Gasteiger partial charge in [-0.15, -0.1) is 0 Å². The van der Waals surface area contributed by atoms with Crippen LogP contribution in [0.2, 0.25) is 5.02 Å². The van der Waals surface area contributed by atoms with Crippen molar-refractivity contribution in [2.24, 2.45) is 5.92 Å². The van der Waals surface area contributed by atoms with E-state index in [1.165, 1.54) is 44.2 Å². The molecule has 3 unspecified atom stereocenters. The first-order valence-corrected chi connectivity index (χ1v) is 8.29. The summed E-state index contributed by atoms with van der Waals surface area (Å²) in [4.78, 5) is 2.56. The number of aliphatic hydroxyl groups is 1. The first-order chi connectivity index (χ1) is 9.66. The molecule has 1 aliphatic carbocycles. The highest BCUT2D eigenvalue weighted by Gasteiger charge is 2.33. The van der Waals surface area contributed by atoms with Crippen LogP contribution in [0.4, 0.5) is 5.69 Å². The van der Waals surface area contributed by atoms with Crippen molar-refractivity contribution >= 4 is 17.3 Å². The van der Waals surface area contributed by atoms with E-state index >= 15 is 0 Å². The highest BCUT2D eigenvalue weighted by atomic mass is 35.5. The molecule has 0 radical (unpaired) electrons. The average Bonchev–Trinajstić information content (AvgIpc) is 2.46. The molecule has 1 heterocycles. The third-order valence-corrected chi connectivity index (χ3v) is 5.34. The quantitative estimate of drug-likeness (QED) is 0.864. The zero-order chi connectivity index (χ0) is 14.1. The normalized spacial score (nSPS) is 28.1. The molecule has 3 atom stereocenters. The summed E-state index contributed by atoms with van der Waals surface area (Å²) in [5.41, 5.74) is 2.06. The summed E-state index contributed by atoms with van der Waals surface area (Å²) in [6, 6.07) is 6.85. The second-order valence-electron chi connectivity index (χ2n) is 6.33. The number of hydrogen-bond donors (Lipinski definition) is 1. The van der Waals surface area contributed by atoms with Gasteiger partial charge in [0.15, 0.2) is 0 Å². The van der Waals surface area contributed by atoms with Gasteiger partial charge in [-0.05, 0) is 56.2 Å². The Balaban J connectivity index is 1.85. The zero-order valence-electron chi connectivity index (χ0n) is 12.2. The Hall–Kier alpha value is -0.730. The molecular weight excluding hydrogens is 270 g/mol. The fourth-order valence-electron chi connectivity index (χ4n) is 3.98. The molecule has 0 aromatic heterocycles. The number of rotatable bonds is 2. The predicted octanol–water partition coefficient (Wildman–Crippen LogP) is 4.55. The van der Waals surface area contributed by atoms with Crippen LogP contribution in [-0.4, -0.2) is 17.7 Å². The number of hydrogen-bond acceptors (Lipinski definition) is 2. The van der Waals surface area contributed by atoms with Gasteiger partial charge in [-0.1, -0.05) is 30.5 Å². The van der Waals surface area contributed by atoms with Crippen LogP contribution >= 0.6 is 11.6 Å². The number of anilines is 1. The minimum atomic E-state index is -0.500. The van der Waals surface area contributed by atoms with Gasteiger partial charge in [0.1, 0.15) is 0 Å². The molecule has 2 fully saturated rings. The summed E-state index contributed by atoms with van der Waals surface area (Å²) in [6.45, 7) is 2.91. The lowest BCUT2D eigenvalue weighted by Crippen LogP contribution is -2.46. The molecule has 1 aromatic carbocycles. The lowest BCUT2D eigenvalue weighted by molar-refractivity contribution is 0.199. The summed E-state index contributed by atoms with van der Waals surface area (Å²) in [7, 11) is 0. The maximum atomic E-state index is 9.70. The van der Waals surface area contributed by atoms with Gasteiger partial charge in [0.05, 0.1) is 6.10 Å². The Morgan fingerprint density at radius 1 is 1.20 bits per heavy atom. The van der Waals surface area contributed by atoms with Crippen LogP contribution in [-0.2, 0) is 0 Å². The van der Waals surface area contributed by atoms with E-state index in [2.05, 4.69) is 11.0 Å². The molecule has 20 heavy (non-hydrogen) atoms. The van der Waals surface area contributed by atoms with Crippen LogP contribution in [0.1, 0.15) is 57.1 Å². The summed E-state index contributed by atoms with van der Waals surface area (Å²) in [6.07, 6.45) is 7.65. The topological polar surface area (TPSA) is 23.5 Å². The van der Waals surface area contributed by atoms with Gasteiger partial charge in [-0.25, -0.2) is 0 Å². The van der Waals surface area contributed by atoms with Crippen molar-refractivity contribution < 1.29 is 5.11 Å². The van der Waals surface area contributed by atoms with Gasteiger partial charge < -0.3 is 10.0 Å². The van der Waals surface area contributed by atoms with E-state index in [1.807, 2.05) is 12.1 Å². The Kier molecular flexibility index (Phi) is 4.23. The molecule has 2 aliphatic rings. The van der Waals surface area contributed by atoms with Crippen molar-refractivity contribution in [1.29, 1.82) is 0 Å². The highest BCUT2D eigenvalue weighted by Crippen LogP contribution is 2.39. The Morgan fingerprint density at radius 3 is 2.70 bits per heavy atom. The van der Waals surface area contributed by atoms with Crippen molar-refractivity contribution in [2.45, 2.75) is 57.6 Å². The third-order valence-electron chi connectivity index (χ3n) is 5.01. The molecule has 0 amide bonds. The number of piperidine rings is 1. The fraction of sp³-hybridized carbons (Fsp3) is 0.647. The molecule has 3 heteroatoms. The monoisotopic (exact) mass is 293 g/mol. The summed E-state index contributed by atoms with van der Waals surface area (Å²) in [5, 5.41) is 10.4. The van der Waals surface area contributed by atoms with E-state index in [0.29, 0.717) is 11.1 Å². The first kappa shape index (κ1) is 14.2. The van der Waals surface area contributed by atoms with E-state index in [4.69, 9.17) is 11.6 Å². The zero-order valence-corrected chi connectivity index (χ0v) is 12.9. The highest BCUT2D eigenvalue weighted by molar-refractivity contribution is 6.31. The lowest BCUT2D eigenvalue weighted by atomic mass is 9.78. The van der Waals surface area contributed by atoms with Crippen LogP contribution in [0.3, 0.4) is 0 Å². The predicted molar refractivity (Wildman–Crippen MR) is 84.4 cm³/mol. The molecule has 110 valence electrons. The van der Waals surface area contributed by atoms with Crippen molar-refractivity contribution in [2.75, 3.05) is 11.4 Å². The molecule has 0 bridgehead atoms. The van der Waals surface area contributed by atoms with Crippen LogP contribution in [0.15, 0.2) is 18.2 Å². The van der Waals surface area contributed by atoms with Crippen molar-refractivity contribution in [3.63, 3.8) is 0 Å². The minimum Gasteiger partial charge on any atom is -0.389 e. The van der Waals surface area contributed by atoms with Crippen molar-refractivity contribution in [3.8, 4) is 0 Å². The maximum Gasteiger partial charge on any atom is 0.0776 e. The first-order valence-electron chi connectivity index (χ1n) is 7.91. The Labute approximate surface area is 126 Å². The third kappa shape index (κ3) is 2.68. The molecular formula is C17H24ClNO. The fourth-order valence-corrected chi connectivity index (χ4v) is 4.31. The molecule has 0 spiro atoms. The lowest BCUT2D eigenvalue weighted by Gasteiger charge is -2.45. The molecule has 1 saturated heterocycles. The molecule has 3 rings (SSSR count). The van der Waals surface area contributed by atoms with Gasteiger partial charge >= 0.3 is 0 Å². The maximum absolute atomic E-state index is 9.70. The number of halogens is 1. The SMILES string of the molecule is CC(O)c1ccc(N2CCCC3CCCCC32)cc1Cl. The number of aliphatic hydroxyl groups excluding tert-OH is 1. The minimum absolute atomic E-state index is 0.500. The Morgan fingerprint density at radius 2 is 1.95 bits per heavy atom. The number of benzene rings is 1. The van der Waals surface area contributed by atoms with Crippen LogP contribution in [0, 0.1) is 5.92 Å². The molecule has 1 aliphatic heterocycles. The summed E-state index contributed by atoms with van der Waals surface area (Å²) >= 11 is 6.33. The number of fused-ring (bicyclic) bond motifs is 1. The van der Waals surface area contributed by atoms with Gasteiger partial charge in [-0.3, -0.25) is 0 Å². The second kappa shape index (κ2) is 5.95. The van der Waals surface area contributed by atoms with Gasteiger partial charge in [0, 0.05) is 23.3 Å². The standard InChI is InChI=1S/C17H24ClNO/c1-12(20)15-9-8-14(11-16(15)18)19-10-4-6-13-5-2-3-7-17(13)19/h8-9,11-13,17,20H,2-7,10H2,1H3. The Bertz CT molecular complexity index is 472. The van der Waals surface area contributed by atoms with E-state index in [1.54, 1.807) is 6.92 Å². The van der Waals surface area contributed by atoms with E-state index < -0.39 is 6.10 Å². The van der Waals surface area contributed by atoms with Crippen molar-refractivity contribution in [1.82, 2.24) is 0 Å². The van der Waals surface area contributed by atoms with Crippen LogP contribution in [0.25, 0.3) is 0 Å². The van der Waals surface area contributed by atoms with Gasteiger partial charge in [0.25, 0.3) is 0 Å². The summed E-state index contributed by atoms with van der Waals surface area (Å²) < 4.78 is 0. The van der Waals surface area contributed by atoms with Gasteiger partial charge in [0.2, 0.25) is 0 Å². The molecule has 1 aromatic rings. The summed E-state index contributed by atoms with van der Waals surface area (Å²) in [5.74, 6) is 0.868. The molecule has 2 nitrogen and oxygen atoms in total. The number of nitrogens with zero attached hydrogens (tertiary/aromatic N) is 1. The molecule has 1 N–H and O–H groups in total. The van der Waals surface area contributed by atoms with Crippen LogP contribution in [0.5, 0.6) is 0 Å². The smallest absolute Gasteiger partial charge is 0.0776 e. The van der Waals surface area contributed by atoms with Crippen molar-refractivity contribution in [3.05, 3.63) is 28.8 Å². The molecule has 1 saturated carbocycles.